The Morgan fingerprint density at radius 1 is 1.17 bits per heavy atom. The van der Waals surface area contributed by atoms with E-state index in [-0.39, 0.29) is 0 Å². The van der Waals surface area contributed by atoms with Gasteiger partial charge >= 0.3 is 46.2 Å². The van der Waals surface area contributed by atoms with Gasteiger partial charge in [-0.2, -0.15) is 0 Å². The molecule has 0 fully saturated rings. The van der Waals surface area contributed by atoms with Gasteiger partial charge in [-0.3, -0.25) is 0 Å². The summed E-state index contributed by atoms with van der Waals surface area (Å²) in [6.45, 7) is 0. The van der Waals surface area contributed by atoms with Crippen LogP contribution in [-0.2, 0) is 0 Å². The second kappa shape index (κ2) is 1.87. The van der Waals surface area contributed by atoms with E-state index < -0.39 is 0 Å². The van der Waals surface area contributed by atoms with Gasteiger partial charge in [0.15, 0.2) is 0 Å². The molecule has 0 bridgehead atoms. The van der Waals surface area contributed by atoms with Crippen molar-refractivity contribution in [3.63, 3.8) is 0 Å². The molecule has 32 valence electrons. The van der Waals surface area contributed by atoms with Gasteiger partial charge in [0.2, 0.25) is 0 Å². The van der Waals surface area contributed by atoms with E-state index in [0.29, 0.717) is 8.82 Å². The van der Waals surface area contributed by atoms with Crippen molar-refractivity contribution >= 4 is 23.2 Å². The van der Waals surface area contributed by atoms with Crippen LogP contribution in [-0.4, -0.2) is 14.4 Å². The van der Waals surface area contributed by atoms with Crippen LogP contribution in [0.2, 0.25) is 0 Å². The van der Waals surface area contributed by atoms with Gasteiger partial charge in [-0.15, -0.1) is 0 Å². The van der Waals surface area contributed by atoms with Gasteiger partial charge in [0.05, 0.1) is 0 Å². The summed E-state index contributed by atoms with van der Waals surface area (Å²) in [7, 11) is 0.341. The Morgan fingerprint density at radius 2 is 1.67 bits per heavy atom. The minimum atomic E-state index is 0.341. The molecule has 0 atom stereocenters. The number of rotatable bonds is 0. The van der Waals surface area contributed by atoms with Crippen LogP contribution in [0, 0.1) is 0 Å². The molecule has 1 aliphatic heterocycles. The van der Waals surface area contributed by atoms with E-state index >= 15 is 0 Å². The summed E-state index contributed by atoms with van der Waals surface area (Å²) in [5.41, 5.74) is 0. The van der Waals surface area contributed by atoms with Crippen LogP contribution in [0.15, 0.2) is 23.0 Å². The molecular weight excluding hydrogens is 159 g/mol. The van der Waals surface area contributed by atoms with Gasteiger partial charge in [0.1, 0.15) is 0 Å². The average Bonchev–Trinajstić information content (AvgIpc) is 1.86. The van der Waals surface area contributed by atoms with Crippen LogP contribution >= 0.6 is 8.82 Å². The summed E-state index contributed by atoms with van der Waals surface area (Å²) in [5, 5.41) is 4.28. The molecule has 0 nitrogen and oxygen atoms in total. The van der Waals surface area contributed by atoms with Crippen molar-refractivity contribution in [3.8, 4) is 0 Å². The molecule has 0 unspecified atom stereocenters. The maximum absolute atomic E-state index is 2.99. The van der Waals surface area contributed by atoms with E-state index in [4.69, 9.17) is 0 Å². The second-order valence-corrected chi connectivity index (χ2v) is 4.61. The third-order valence-corrected chi connectivity index (χ3v) is 2.79. The molecule has 0 aromatic carbocycles. The number of hydrogen-bond donors (Lipinski definition) is 0. The molecular formula is C4H4SSe. The Labute approximate surface area is 46.5 Å². The second-order valence-electron chi connectivity index (χ2n) is 0.986. The van der Waals surface area contributed by atoms with Crippen LogP contribution in [0.25, 0.3) is 0 Å². The molecule has 0 radical (unpaired) electrons. The molecule has 2 heteroatoms. The predicted octanol–water partition coefficient (Wildman–Crippen LogP) is 1.38. The molecule has 0 N–H and O–H groups in total. The van der Waals surface area contributed by atoms with Crippen LogP contribution in [0.5, 0.6) is 0 Å². The van der Waals surface area contributed by atoms with Gasteiger partial charge in [0.25, 0.3) is 0 Å². The van der Waals surface area contributed by atoms with Gasteiger partial charge in [-0.25, -0.2) is 0 Å². The summed E-state index contributed by atoms with van der Waals surface area (Å²) in [4.78, 5) is 0. The monoisotopic (exact) mass is 164 g/mol. The molecule has 0 aliphatic carbocycles. The minimum absolute atomic E-state index is 0.341. The first-order chi connectivity index (χ1) is 2.89. The van der Waals surface area contributed by atoms with Gasteiger partial charge in [-0.1, -0.05) is 0 Å². The van der Waals surface area contributed by atoms with E-state index in [1.54, 1.807) is 0 Å². The molecule has 0 saturated carbocycles. The fraction of sp³-hybridized carbons (Fsp3) is 0. The maximum atomic E-state index is 2.99. The van der Waals surface area contributed by atoms with Crippen LogP contribution in [0.3, 0.4) is 0 Å². The number of hydrogen-bond acceptors (Lipinski definition) is 0. The standard InChI is InChI=1S/C4H4SSe/c6-5-3-1-2-4-5/h1-4H. The Morgan fingerprint density at radius 3 is 1.83 bits per heavy atom. The van der Waals surface area contributed by atoms with Crippen LogP contribution in [0.4, 0.5) is 0 Å². The zero-order chi connectivity index (χ0) is 4.41. The Bertz CT molecular complexity index is 110. The van der Waals surface area contributed by atoms with Gasteiger partial charge in [0, 0.05) is 0 Å². The molecule has 0 aromatic rings. The van der Waals surface area contributed by atoms with Crippen molar-refractivity contribution in [2.24, 2.45) is 0 Å². The van der Waals surface area contributed by atoms with Crippen molar-refractivity contribution < 1.29 is 0 Å². The Kier molecular flexibility index (Phi) is 1.41. The molecule has 1 rings (SSSR count). The quantitative estimate of drug-likeness (QED) is 0.473. The molecule has 0 aromatic heterocycles. The summed E-state index contributed by atoms with van der Waals surface area (Å²) >= 11 is 2.99. The zero-order valence-electron chi connectivity index (χ0n) is 3.13. The summed E-state index contributed by atoms with van der Waals surface area (Å²) in [6.07, 6.45) is 4.11. The van der Waals surface area contributed by atoms with Crippen molar-refractivity contribution in [1.82, 2.24) is 0 Å². The number of allylic oxidation sites excluding steroid dienone is 2. The topological polar surface area (TPSA) is 0 Å². The summed E-state index contributed by atoms with van der Waals surface area (Å²) < 4.78 is 0. The normalized spacial score (nSPS) is 20.0. The zero-order valence-corrected chi connectivity index (χ0v) is 5.66. The van der Waals surface area contributed by atoms with Crippen molar-refractivity contribution in [2.75, 3.05) is 0 Å². The molecule has 1 aliphatic rings. The van der Waals surface area contributed by atoms with Crippen molar-refractivity contribution in [1.29, 1.82) is 0 Å². The first kappa shape index (κ1) is 4.51. The van der Waals surface area contributed by atoms with E-state index in [2.05, 4.69) is 37.4 Å². The van der Waals surface area contributed by atoms with E-state index in [1.165, 1.54) is 0 Å². The van der Waals surface area contributed by atoms with Crippen molar-refractivity contribution in [2.45, 2.75) is 0 Å². The van der Waals surface area contributed by atoms with E-state index in [0.717, 1.165) is 0 Å². The average molecular weight is 163 g/mol. The molecule has 1 heterocycles. The van der Waals surface area contributed by atoms with E-state index in [1.807, 2.05) is 0 Å². The summed E-state index contributed by atoms with van der Waals surface area (Å²) in [6, 6.07) is 0. The Hall–Kier alpha value is 0.349. The van der Waals surface area contributed by atoms with Crippen LogP contribution in [0.1, 0.15) is 0 Å². The predicted molar refractivity (Wildman–Crippen MR) is 31.6 cm³/mol. The molecule has 0 spiro atoms. The fourth-order valence-corrected chi connectivity index (χ4v) is 1.68. The van der Waals surface area contributed by atoms with Gasteiger partial charge in [-0.05, 0) is 0 Å². The van der Waals surface area contributed by atoms with Crippen LogP contribution < -0.4 is 0 Å². The molecule has 0 saturated heterocycles. The van der Waals surface area contributed by atoms with E-state index in [9.17, 15) is 0 Å². The fourth-order valence-electron chi connectivity index (χ4n) is 0.291. The Balaban J connectivity index is 2.86. The molecule has 0 amide bonds. The first-order valence-electron chi connectivity index (χ1n) is 1.64. The first-order valence-corrected chi connectivity index (χ1v) is 5.01. The summed E-state index contributed by atoms with van der Waals surface area (Å²) in [5.74, 6) is 0. The van der Waals surface area contributed by atoms with Gasteiger partial charge < -0.3 is 0 Å². The third kappa shape index (κ3) is 0.903. The van der Waals surface area contributed by atoms with Crippen molar-refractivity contribution in [3.05, 3.63) is 23.0 Å². The molecule has 6 heavy (non-hydrogen) atoms. The SMILES string of the molecule is [Se]=S1C=CC=C1. The third-order valence-electron chi connectivity index (χ3n) is 0.536.